The molecule has 1 N–H and O–H groups in total. The highest BCUT2D eigenvalue weighted by Crippen LogP contribution is 2.24. The van der Waals surface area contributed by atoms with Crippen LogP contribution < -0.4 is 10.2 Å². The number of hydrogen-bond donors (Lipinski definition) is 1. The number of rotatable bonds is 2. The first-order valence-corrected chi connectivity index (χ1v) is 5.58. The second-order valence-electron chi connectivity index (χ2n) is 4.03. The highest BCUT2D eigenvalue weighted by Gasteiger charge is 2.29. The lowest BCUT2D eigenvalue weighted by molar-refractivity contribution is -0.123. The van der Waals surface area contributed by atoms with Crippen LogP contribution in [-0.2, 0) is 4.79 Å². The lowest BCUT2D eigenvalue weighted by Crippen LogP contribution is -2.30. The van der Waals surface area contributed by atoms with Crippen LogP contribution in [0.4, 0.5) is 5.82 Å². The van der Waals surface area contributed by atoms with E-state index < -0.39 is 0 Å². The Morgan fingerprint density at radius 1 is 1.71 bits per heavy atom. The predicted octanol–water partition coefficient (Wildman–Crippen LogP) is 0.526. The van der Waals surface area contributed by atoms with Gasteiger partial charge in [-0.25, -0.2) is 4.98 Å². The second kappa shape index (κ2) is 4.83. The zero-order valence-corrected chi connectivity index (χ0v) is 9.68. The van der Waals surface area contributed by atoms with Gasteiger partial charge in [-0.3, -0.25) is 4.79 Å². The maximum atomic E-state index is 11.5. The topological polar surface area (TPSA) is 69.0 Å². The molecule has 1 aromatic heterocycles. The average molecular weight is 230 g/mol. The number of carbonyl (C=O) groups excluding carboxylic acids is 1. The zero-order valence-electron chi connectivity index (χ0n) is 9.68. The molecule has 17 heavy (non-hydrogen) atoms. The van der Waals surface area contributed by atoms with Crippen molar-refractivity contribution in [2.75, 3.05) is 25.0 Å². The van der Waals surface area contributed by atoms with E-state index in [2.05, 4.69) is 16.4 Å². The van der Waals surface area contributed by atoms with Crippen molar-refractivity contribution >= 4 is 11.7 Å². The standard InChI is InChI=1S/C12H14N4O/c1-14-12(17)10-4-6-16(8-10)11-9(7-13)3-2-5-15-11/h2-3,5,10H,4,6,8H2,1H3,(H,14,17)/t10-/m1/s1. The Labute approximate surface area is 100 Å². The second-order valence-corrected chi connectivity index (χ2v) is 4.03. The van der Waals surface area contributed by atoms with Crippen LogP contribution >= 0.6 is 0 Å². The number of nitrogens with zero attached hydrogens (tertiary/aromatic N) is 3. The molecule has 1 amide bonds. The first-order chi connectivity index (χ1) is 8.26. The Balaban J connectivity index is 2.16. The summed E-state index contributed by atoms with van der Waals surface area (Å²) in [5, 5.41) is 11.7. The van der Waals surface area contributed by atoms with Crippen molar-refractivity contribution in [2.45, 2.75) is 6.42 Å². The van der Waals surface area contributed by atoms with Crippen molar-refractivity contribution in [3.63, 3.8) is 0 Å². The molecular formula is C12H14N4O. The van der Waals surface area contributed by atoms with Crippen LogP contribution in [0.15, 0.2) is 18.3 Å². The minimum absolute atomic E-state index is 0.00597. The summed E-state index contributed by atoms with van der Waals surface area (Å²) in [6, 6.07) is 5.62. The van der Waals surface area contributed by atoms with Crippen molar-refractivity contribution in [1.29, 1.82) is 5.26 Å². The van der Waals surface area contributed by atoms with Crippen LogP contribution in [0.5, 0.6) is 0 Å². The number of pyridine rings is 1. The maximum absolute atomic E-state index is 11.5. The van der Waals surface area contributed by atoms with Gasteiger partial charge in [-0.2, -0.15) is 5.26 Å². The Morgan fingerprint density at radius 2 is 2.53 bits per heavy atom. The van der Waals surface area contributed by atoms with Gasteiger partial charge >= 0.3 is 0 Å². The molecule has 1 fully saturated rings. The van der Waals surface area contributed by atoms with E-state index in [-0.39, 0.29) is 11.8 Å². The smallest absolute Gasteiger partial charge is 0.224 e. The Morgan fingerprint density at radius 3 is 3.24 bits per heavy atom. The highest BCUT2D eigenvalue weighted by atomic mass is 16.1. The largest absolute Gasteiger partial charge is 0.359 e. The van der Waals surface area contributed by atoms with Crippen LogP contribution in [-0.4, -0.2) is 31.0 Å². The summed E-state index contributed by atoms with van der Waals surface area (Å²) in [7, 11) is 1.65. The predicted molar refractivity (Wildman–Crippen MR) is 63.3 cm³/mol. The van der Waals surface area contributed by atoms with E-state index in [1.165, 1.54) is 0 Å². The molecule has 0 aliphatic carbocycles. The molecule has 0 unspecified atom stereocenters. The number of nitrogens with one attached hydrogen (secondary N) is 1. The van der Waals surface area contributed by atoms with E-state index in [1.807, 2.05) is 4.90 Å². The van der Waals surface area contributed by atoms with Gasteiger partial charge in [0.1, 0.15) is 11.9 Å². The molecular weight excluding hydrogens is 216 g/mol. The number of nitriles is 1. The summed E-state index contributed by atoms with van der Waals surface area (Å²) in [4.78, 5) is 17.7. The molecule has 0 aromatic carbocycles. The van der Waals surface area contributed by atoms with Crippen LogP contribution in [0.1, 0.15) is 12.0 Å². The van der Waals surface area contributed by atoms with Gasteiger partial charge < -0.3 is 10.2 Å². The molecule has 0 spiro atoms. The molecule has 5 nitrogen and oxygen atoms in total. The van der Waals surface area contributed by atoms with Crippen molar-refractivity contribution < 1.29 is 4.79 Å². The molecule has 1 aromatic rings. The van der Waals surface area contributed by atoms with Gasteiger partial charge in [0.25, 0.3) is 0 Å². The summed E-state index contributed by atoms with van der Waals surface area (Å²) < 4.78 is 0. The van der Waals surface area contributed by atoms with E-state index in [1.54, 1.807) is 25.4 Å². The fourth-order valence-corrected chi connectivity index (χ4v) is 2.11. The van der Waals surface area contributed by atoms with Crippen LogP contribution in [0.3, 0.4) is 0 Å². The summed E-state index contributed by atoms with van der Waals surface area (Å²) in [5.41, 5.74) is 0.560. The molecule has 1 aliphatic rings. The van der Waals surface area contributed by atoms with Crippen LogP contribution in [0, 0.1) is 17.2 Å². The zero-order chi connectivity index (χ0) is 12.3. The summed E-state index contributed by atoms with van der Waals surface area (Å²) in [6.45, 7) is 1.40. The van der Waals surface area contributed by atoms with Crippen molar-refractivity contribution in [3.05, 3.63) is 23.9 Å². The molecule has 1 aliphatic heterocycles. The Kier molecular flexibility index (Phi) is 3.24. The summed E-state index contributed by atoms with van der Waals surface area (Å²) >= 11 is 0. The molecule has 1 atom stereocenters. The average Bonchev–Trinajstić information content (AvgIpc) is 2.87. The lowest BCUT2D eigenvalue weighted by Gasteiger charge is -2.17. The Bertz CT molecular complexity index is 466. The molecule has 0 saturated carbocycles. The minimum atomic E-state index is -0.00597. The van der Waals surface area contributed by atoms with E-state index in [0.717, 1.165) is 13.0 Å². The number of aromatic nitrogens is 1. The third-order valence-corrected chi connectivity index (χ3v) is 3.01. The monoisotopic (exact) mass is 230 g/mol. The summed E-state index contributed by atoms with van der Waals surface area (Å²) in [6.07, 6.45) is 2.48. The molecule has 2 heterocycles. The summed E-state index contributed by atoms with van der Waals surface area (Å²) in [5.74, 6) is 0.733. The quantitative estimate of drug-likeness (QED) is 0.804. The molecule has 2 rings (SSSR count). The van der Waals surface area contributed by atoms with E-state index >= 15 is 0 Å². The lowest BCUT2D eigenvalue weighted by atomic mass is 10.1. The van der Waals surface area contributed by atoms with Gasteiger partial charge in [0, 0.05) is 26.3 Å². The molecule has 0 radical (unpaired) electrons. The molecule has 88 valence electrons. The van der Waals surface area contributed by atoms with E-state index in [9.17, 15) is 4.79 Å². The molecule has 0 bridgehead atoms. The fraction of sp³-hybridized carbons (Fsp3) is 0.417. The first-order valence-electron chi connectivity index (χ1n) is 5.58. The minimum Gasteiger partial charge on any atom is -0.359 e. The molecule has 1 saturated heterocycles. The fourth-order valence-electron chi connectivity index (χ4n) is 2.11. The van der Waals surface area contributed by atoms with Crippen LogP contribution in [0.2, 0.25) is 0 Å². The molecule has 5 heteroatoms. The van der Waals surface area contributed by atoms with E-state index in [4.69, 9.17) is 5.26 Å². The van der Waals surface area contributed by atoms with E-state index in [0.29, 0.717) is 17.9 Å². The van der Waals surface area contributed by atoms with Gasteiger partial charge in [0.05, 0.1) is 11.5 Å². The van der Waals surface area contributed by atoms with Gasteiger partial charge in [0.15, 0.2) is 0 Å². The number of amides is 1. The first kappa shape index (κ1) is 11.4. The number of hydrogen-bond acceptors (Lipinski definition) is 4. The van der Waals surface area contributed by atoms with Gasteiger partial charge in [-0.1, -0.05) is 0 Å². The SMILES string of the molecule is CNC(=O)[C@@H]1CCN(c2ncccc2C#N)C1. The van der Waals surface area contributed by atoms with Crippen molar-refractivity contribution in [2.24, 2.45) is 5.92 Å². The number of anilines is 1. The number of carbonyl (C=O) groups is 1. The van der Waals surface area contributed by atoms with Crippen LogP contribution in [0.25, 0.3) is 0 Å². The Hall–Kier alpha value is -2.09. The van der Waals surface area contributed by atoms with Gasteiger partial charge in [-0.05, 0) is 18.6 Å². The highest BCUT2D eigenvalue weighted by molar-refractivity contribution is 5.79. The van der Waals surface area contributed by atoms with Gasteiger partial charge in [0.2, 0.25) is 5.91 Å². The van der Waals surface area contributed by atoms with Crippen molar-refractivity contribution in [3.8, 4) is 6.07 Å². The third kappa shape index (κ3) is 2.21. The maximum Gasteiger partial charge on any atom is 0.224 e. The normalized spacial score (nSPS) is 18.8. The van der Waals surface area contributed by atoms with Crippen molar-refractivity contribution in [1.82, 2.24) is 10.3 Å². The third-order valence-electron chi connectivity index (χ3n) is 3.01. The van der Waals surface area contributed by atoms with Gasteiger partial charge in [-0.15, -0.1) is 0 Å².